The minimum absolute atomic E-state index is 0.175. The van der Waals surface area contributed by atoms with Crippen molar-refractivity contribution in [2.45, 2.75) is 0 Å². The second-order valence-corrected chi connectivity index (χ2v) is 2.39. The number of carbonyl (C=O) groups excluding carboxylic acids is 1. The van der Waals surface area contributed by atoms with Crippen LogP contribution in [0.25, 0.3) is 6.08 Å². The zero-order valence-corrected chi connectivity index (χ0v) is 6.75. The molecule has 1 aromatic rings. The Morgan fingerprint density at radius 1 is 1.58 bits per heavy atom. The summed E-state index contributed by atoms with van der Waals surface area (Å²) in [5.74, 6) is -0.482. The summed E-state index contributed by atoms with van der Waals surface area (Å²) >= 11 is 5.59. The highest BCUT2D eigenvalue weighted by molar-refractivity contribution is 6.30. The molecule has 0 N–H and O–H groups in total. The fourth-order valence-electron chi connectivity index (χ4n) is 0.698. The molecule has 0 fully saturated rings. The van der Waals surface area contributed by atoms with Crippen LogP contribution in [-0.4, -0.2) is 11.3 Å². The molecule has 0 aromatic carbocycles. The maximum atomic E-state index is 12.5. The van der Waals surface area contributed by atoms with Gasteiger partial charge in [-0.25, -0.2) is 9.37 Å². The summed E-state index contributed by atoms with van der Waals surface area (Å²) in [6, 6.07) is 1.20. The standard InChI is InChI=1S/C8H5ClFNO/c9-8-6(2-1-3-12)4-7(10)5-11-8/h1-5H. The van der Waals surface area contributed by atoms with E-state index in [2.05, 4.69) is 4.98 Å². The average Bonchev–Trinajstić information content (AvgIpc) is 2.07. The molecule has 0 aliphatic rings. The van der Waals surface area contributed by atoms with Gasteiger partial charge in [0.25, 0.3) is 0 Å². The van der Waals surface area contributed by atoms with Crippen molar-refractivity contribution in [2.24, 2.45) is 0 Å². The van der Waals surface area contributed by atoms with Gasteiger partial charge in [0, 0.05) is 5.56 Å². The summed E-state index contributed by atoms with van der Waals surface area (Å²) in [4.78, 5) is 13.5. The monoisotopic (exact) mass is 185 g/mol. The predicted molar refractivity (Wildman–Crippen MR) is 44.3 cm³/mol. The zero-order chi connectivity index (χ0) is 8.97. The van der Waals surface area contributed by atoms with Crippen LogP contribution in [-0.2, 0) is 4.79 Å². The molecular formula is C8H5ClFNO. The molecule has 0 spiro atoms. The number of hydrogen-bond donors (Lipinski definition) is 0. The molecule has 0 amide bonds. The lowest BCUT2D eigenvalue weighted by atomic mass is 10.2. The van der Waals surface area contributed by atoms with Gasteiger partial charge in [0.2, 0.25) is 0 Å². The summed E-state index contributed by atoms with van der Waals surface area (Å²) in [5, 5.41) is 0.175. The summed E-state index contributed by atoms with van der Waals surface area (Å²) < 4.78 is 12.5. The summed E-state index contributed by atoms with van der Waals surface area (Å²) in [5.41, 5.74) is 0.392. The molecule has 4 heteroatoms. The fourth-order valence-corrected chi connectivity index (χ4v) is 0.864. The van der Waals surface area contributed by atoms with Gasteiger partial charge < -0.3 is 0 Å². The quantitative estimate of drug-likeness (QED) is 0.401. The number of aldehydes is 1. The lowest BCUT2D eigenvalue weighted by Crippen LogP contribution is -1.83. The lowest BCUT2D eigenvalue weighted by molar-refractivity contribution is -0.104. The molecule has 0 aliphatic heterocycles. The topological polar surface area (TPSA) is 30.0 Å². The molecule has 0 radical (unpaired) electrons. The predicted octanol–water partition coefficient (Wildman–Crippen LogP) is 2.09. The minimum atomic E-state index is -0.482. The first-order valence-electron chi connectivity index (χ1n) is 3.17. The van der Waals surface area contributed by atoms with Gasteiger partial charge in [-0.1, -0.05) is 11.6 Å². The molecule has 0 saturated carbocycles. The highest BCUT2D eigenvalue weighted by atomic mass is 35.5. The number of rotatable bonds is 2. The van der Waals surface area contributed by atoms with E-state index in [1.807, 2.05) is 0 Å². The van der Waals surface area contributed by atoms with Crippen LogP contribution < -0.4 is 0 Å². The molecule has 62 valence electrons. The third-order valence-electron chi connectivity index (χ3n) is 1.19. The highest BCUT2D eigenvalue weighted by Crippen LogP contribution is 2.14. The van der Waals surface area contributed by atoms with Crippen molar-refractivity contribution < 1.29 is 9.18 Å². The molecule has 0 aliphatic carbocycles. The molecular weight excluding hydrogens is 181 g/mol. The first kappa shape index (κ1) is 8.87. The van der Waals surface area contributed by atoms with Crippen LogP contribution in [0.3, 0.4) is 0 Å². The summed E-state index contributed by atoms with van der Waals surface area (Å²) in [7, 11) is 0. The molecule has 0 bridgehead atoms. The summed E-state index contributed by atoms with van der Waals surface area (Å²) in [6.07, 6.45) is 4.22. The molecule has 0 atom stereocenters. The van der Waals surface area contributed by atoms with Crippen LogP contribution >= 0.6 is 11.6 Å². The van der Waals surface area contributed by atoms with Crippen molar-refractivity contribution >= 4 is 24.0 Å². The van der Waals surface area contributed by atoms with Gasteiger partial charge in [-0.05, 0) is 18.2 Å². The Kier molecular flexibility index (Phi) is 2.94. The second-order valence-electron chi connectivity index (χ2n) is 2.03. The van der Waals surface area contributed by atoms with Crippen molar-refractivity contribution in [1.29, 1.82) is 0 Å². The average molecular weight is 186 g/mol. The number of allylic oxidation sites excluding steroid dienone is 1. The summed E-state index contributed by atoms with van der Waals surface area (Å²) in [6.45, 7) is 0. The smallest absolute Gasteiger partial charge is 0.142 e. The van der Waals surface area contributed by atoms with Crippen molar-refractivity contribution in [3.63, 3.8) is 0 Å². The minimum Gasteiger partial charge on any atom is -0.299 e. The molecule has 1 rings (SSSR count). The maximum Gasteiger partial charge on any atom is 0.142 e. The SMILES string of the molecule is O=CC=Cc1cc(F)cnc1Cl. The van der Waals surface area contributed by atoms with Crippen molar-refractivity contribution in [2.75, 3.05) is 0 Å². The lowest BCUT2D eigenvalue weighted by Gasteiger charge is -1.95. The van der Waals surface area contributed by atoms with E-state index in [1.54, 1.807) is 0 Å². The third kappa shape index (κ3) is 2.13. The van der Waals surface area contributed by atoms with Crippen LogP contribution in [0, 0.1) is 5.82 Å². The number of halogens is 2. The van der Waals surface area contributed by atoms with Gasteiger partial charge in [0.15, 0.2) is 0 Å². The maximum absolute atomic E-state index is 12.5. The van der Waals surface area contributed by atoms with Crippen LogP contribution in [0.5, 0.6) is 0 Å². The molecule has 0 unspecified atom stereocenters. The number of pyridine rings is 1. The third-order valence-corrected chi connectivity index (χ3v) is 1.50. The highest BCUT2D eigenvalue weighted by Gasteiger charge is 1.98. The van der Waals surface area contributed by atoms with E-state index in [9.17, 15) is 9.18 Å². The number of carbonyl (C=O) groups is 1. The molecule has 0 saturated heterocycles. The Balaban J connectivity index is 3.04. The van der Waals surface area contributed by atoms with Gasteiger partial charge in [-0.15, -0.1) is 0 Å². The molecule has 1 aromatic heterocycles. The fraction of sp³-hybridized carbons (Fsp3) is 0. The normalized spacial score (nSPS) is 10.5. The van der Waals surface area contributed by atoms with Crippen LogP contribution in [0.4, 0.5) is 4.39 Å². The van der Waals surface area contributed by atoms with E-state index in [4.69, 9.17) is 11.6 Å². The Hall–Kier alpha value is -1.22. The van der Waals surface area contributed by atoms with E-state index >= 15 is 0 Å². The Labute approximate surface area is 73.7 Å². The first-order chi connectivity index (χ1) is 5.74. The Morgan fingerprint density at radius 3 is 3.00 bits per heavy atom. The van der Waals surface area contributed by atoms with Crippen LogP contribution in [0.2, 0.25) is 5.15 Å². The largest absolute Gasteiger partial charge is 0.299 e. The molecule has 1 heterocycles. The van der Waals surface area contributed by atoms with Crippen molar-refractivity contribution in [3.8, 4) is 0 Å². The zero-order valence-electron chi connectivity index (χ0n) is 6.00. The van der Waals surface area contributed by atoms with Gasteiger partial charge in [0.05, 0.1) is 6.20 Å². The Bertz CT molecular complexity index is 325. The van der Waals surface area contributed by atoms with Crippen LogP contribution in [0.15, 0.2) is 18.3 Å². The van der Waals surface area contributed by atoms with Gasteiger partial charge in [-0.2, -0.15) is 0 Å². The van der Waals surface area contributed by atoms with E-state index < -0.39 is 5.82 Å². The second kappa shape index (κ2) is 3.97. The van der Waals surface area contributed by atoms with Gasteiger partial charge >= 0.3 is 0 Å². The Morgan fingerprint density at radius 2 is 2.33 bits per heavy atom. The van der Waals surface area contributed by atoms with Crippen LogP contribution in [0.1, 0.15) is 5.56 Å². The van der Waals surface area contributed by atoms with E-state index in [-0.39, 0.29) is 5.15 Å². The van der Waals surface area contributed by atoms with E-state index in [0.29, 0.717) is 11.8 Å². The van der Waals surface area contributed by atoms with Gasteiger partial charge in [0.1, 0.15) is 17.3 Å². The first-order valence-corrected chi connectivity index (χ1v) is 3.54. The number of aromatic nitrogens is 1. The van der Waals surface area contributed by atoms with E-state index in [1.165, 1.54) is 18.2 Å². The molecule has 2 nitrogen and oxygen atoms in total. The van der Waals surface area contributed by atoms with Gasteiger partial charge in [-0.3, -0.25) is 4.79 Å². The molecule has 12 heavy (non-hydrogen) atoms. The van der Waals surface area contributed by atoms with E-state index in [0.717, 1.165) is 6.20 Å². The number of hydrogen-bond acceptors (Lipinski definition) is 2. The van der Waals surface area contributed by atoms with Crippen molar-refractivity contribution in [3.05, 3.63) is 34.9 Å². The number of nitrogens with zero attached hydrogens (tertiary/aromatic N) is 1. The van der Waals surface area contributed by atoms with Crippen molar-refractivity contribution in [1.82, 2.24) is 4.98 Å².